The predicted octanol–water partition coefficient (Wildman–Crippen LogP) is 3.06. The van der Waals surface area contributed by atoms with E-state index < -0.39 is 0 Å². The maximum Gasteiger partial charge on any atom is 0.0593 e. The van der Waals surface area contributed by atoms with E-state index in [1.165, 1.54) is 30.8 Å². The first kappa shape index (κ1) is 14.0. The van der Waals surface area contributed by atoms with Crippen molar-refractivity contribution in [1.82, 2.24) is 0 Å². The Kier molecular flexibility index (Phi) is 6.54. The summed E-state index contributed by atoms with van der Waals surface area (Å²) >= 11 is 4.02. The number of rotatable bonds is 11. The molecule has 2 nitrogen and oxygen atoms in total. The molecule has 4 heteroatoms. The molecule has 0 aromatic carbocycles. The van der Waals surface area contributed by atoms with Crippen LogP contribution < -0.4 is 0 Å². The van der Waals surface area contributed by atoms with Gasteiger partial charge in [0.2, 0.25) is 0 Å². The number of ether oxygens (including phenoxy) is 2. The van der Waals surface area contributed by atoms with Crippen LogP contribution in [-0.2, 0) is 9.47 Å². The zero-order chi connectivity index (χ0) is 11.9. The lowest BCUT2D eigenvalue weighted by molar-refractivity contribution is 0.103. The average molecular weight is 276 g/mol. The summed E-state index contributed by atoms with van der Waals surface area (Å²) in [7, 11) is 0. The number of unbranched alkanes of at least 4 members (excludes halogenated alkanes) is 1. The van der Waals surface area contributed by atoms with E-state index >= 15 is 0 Å². The highest BCUT2D eigenvalue weighted by Gasteiger charge is 2.22. The second kappa shape index (κ2) is 7.93. The summed E-state index contributed by atoms with van der Waals surface area (Å²) in [4.78, 5) is 0. The largest absolute Gasteiger partial charge is 0.380 e. The van der Waals surface area contributed by atoms with Crippen LogP contribution in [0.25, 0.3) is 0 Å². The summed E-state index contributed by atoms with van der Waals surface area (Å²) in [6.07, 6.45) is 3.76. The first-order valence-electron chi connectivity index (χ1n) is 6.73. The van der Waals surface area contributed by atoms with Crippen molar-refractivity contribution >= 4 is 23.5 Å². The van der Waals surface area contributed by atoms with Gasteiger partial charge in [0.25, 0.3) is 0 Å². The fourth-order valence-corrected chi connectivity index (χ4v) is 2.57. The summed E-state index contributed by atoms with van der Waals surface area (Å²) < 4.78 is 11.3. The van der Waals surface area contributed by atoms with Crippen LogP contribution in [0, 0.1) is 5.92 Å². The third-order valence-electron chi connectivity index (χ3n) is 3.05. The quantitative estimate of drug-likeness (QED) is 0.426. The molecule has 0 N–H and O–H groups in total. The predicted molar refractivity (Wildman–Crippen MR) is 77.1 cm³/mol. The van der Waals surface area contributed by atoms with Crippen LogP contribution in [0.15, 0.2) is 0 Å². The van der Waals surface area contributed by atoms with E-state index in [1.54, 1.807) is 0 Å². The minimum atomic E-state index is 0.706. The summed E-state index contributed by atoms with van der Waals surface area (Å²) in [6, 6.07) is 0. The molecule has 0 radical (unpaired) electrons. The lowest BCUT2D eigenvalue weighted by atomic mass is 10.1. The van der Waals surface area contributed by atoms with E-state index in [0.717, 1.165) is 36.9 Å². The van der Waals surface area contributed by atoms with Crippen molar-refractivity contribution in [1.29, 1.82) is 0 Å². The Bertz CT molecular complexity index is 206. The van der Waals surface area contributed by atoms with Gasteiger partial charge in [-0.15, -0.1) is 0 Å². The Morgan fingerprint density at radius 1 is 1.06 bits per heavy atom. The van der Waals surface area contributed by atoms with Crippen molar-refractivity contribution in [2.75, 3.05) is 37.9 Å². The first-order chi connectivity index (χ1) is 8.34. The number of hydrogen-bond donors (Lipinski definition) is 0. The van der Waals surface area contributed by atoms with Crippen molar-refractivity contribution < 1.29 is 9.47 Å². The molecule has 2 fully saturated rings. The fraction of sp³-hybridized carbons (Fsp3) is 1.00. The molecule has 0 amide bonds. The maximum absolute atomic E-state index is 5.68. The van der Waals surface area contributed by atoms with E-state index in [4.69, 9.17) is 9.47 Å². The molecular formula is C13H24O2S2. The Labute approximate surface area is 114 Å². The second-order valence-electron chi connectivity index (χ2n) is 5.12. The molecule has 2 heterocycles. The minimum Gasteiger partial charge on any atom is -0.380 e. The molecule has 3 unspecified atom stereocenters. The van der Waals surface area contributed by atoms with Crippen molar-refractivity contribution in [2.24, 2.45) is 5.92 Å². The third-order valence-corrected chi connectivity index (χ3v) is 4.93. The molecular weight excluding hydrogens is 252 g/mol. The summed E-state index contributed by atoms with van der Waals surface area (Å²) in [5.41, 5.74) is 0. The zero-order valence-electron chi connectivity index (χ0n) is 10.7. The Hall–Kier alpha value is 0.620. The number of hydrogen-bond acceptors (Lipinski definition) is 4. The molecule has 0 aliphatic carbocycles. The molecule has 0 aromatic rings. The van der Waals surface area contributed by atoms with Gasteiger partial charge in [-0.1, -0.05) is 13.3 Å². The van der Waals surface area contributed by atoms with E-state index in [2.05, 4.69) is 6.92 Å². The standard InChI is InChI=1S/C13H24O2S2/c1-11(6-15-8-13-10-17-13)4-2-3-5-14-7-12-9-16-12/h11-13H,2-10H2,1H3. The maximum atomic E-state index is 5.68. The molecule has 3 atom stereocenters. The molecule has 100 valence electrons. The Morgan fingerprint density at radius 2 is 1.71 bits per heavy atom. The smallest absolute Gasteiger partial charge is 0.0593 e. The lowest BCUT2D eigenvalue weighted by Crippen LogP contribution is -2.09. The van der Waals surface area contributed by atoms with Crippen LogP contribution in [-0.4, -0.2) is 48.4 Å². The topological polar surface area (TPSA) is 18.5 Å². The second-order valence-corrected chi connectivity index (χ2v) is 7.79. The van der Waals surface area contributed by atoms with Gasteiger partial charge in [-0.2, -0.15) is 23.5 Å². The van der Waals surface area contributed by atoms with Gasteiger partial charge in [-0.05, 0) is 18.8 Å². The van der Waals surface area contributed by atoms with Crippen LogP contribution in [0.2, 0.25) is 0 Å². The van der Waals surface area contributed by atoms with Gasteiger partial charge in [0, 0.05) is 35.2 Å². The molecule has 0 saturated carbocycles. The monoisotopic (exact) mass is 276 g/mol. The van der Waals surface area contributed by atoms with Crippen LogP contribution >= 0.6 is 23.5 Å². The van der Waals surface area contributed by atoms with Crippen LogP contribution in [0.5, 0.6) is 0 Å². The van der Waals surface area contributed by atoms with Crippen molar-refractivity contribution in [3.8, 4) is 0 Å². The molecule has 2 rings (SSSR count). The van der Waals surface area contributed by atoms with Crippen LogP contribution in [0.4, 0.5) is 0 Å². The zero-order valence-corrected chi connectivity index (χ0v) is 12.4. The van der Waals surface area contributed by atoms with Gasteiger partial charge in [0.1, 0.15) is 0 Å². The Balaban J connectivity index is 1.30. The normalized spacial score (nSPS) is 28.1. The molecule has 2 aliphatic rings. The highest BCUT2D eigenvalue weighted by Crippen LogP contribution is 2.30. The fourth-order valence-electron chi connectivity index (χ4n) is 1.72. The summed E-state index contributed by atoms with van der Waals surface area (Å²) in [5, 5.41) is 1.64. The van der Waals surface area contributed by atoms with E-state index in [9.17, 15) is 0 Å². The van der Waals surface area contributed by atoms with Gasteiger partial charge >= 0.3 is 0 Å². The van der Waals surface area contributed by atoms with Crippen molar-refractivity contribution in [3.05, 3.63) is 0 Å². The van der Waals surface area contributed by atoms with Gasteiger partial charge in [0.05, 0.1) is 13.2 Å². The average Bonchev–Trinajstić information content (AvgIpc) is 3.15. The van der Waals surface area contributed by atoms with Gasteiger partial charge in [-0.25, -0.2) is 0 Å². The van der Waals surface area contributed by atoms with Crippen LogP contribution in [0.3, 0.4) is 0 Å². The molecule has 2 saturated heterocycles. The molecule has 2 aliphatic heterocycles. The van der Waals surface area contributed by atoms with Gasteiger partial charge in [-0.3, -0.25) is 0 Å². The third kappa shape index (κ3) is 7.60. The minimum absolute atomic E-state index is 0.706. The Morgan fingerprint density at radius 3 is 2.35 bits per heavy atom. The molecule has 0 bridgehead atoms. The van der Waals surface area contributed by atoms with E-state index in [-0.39, 0.29) is 0 Å². The van der Waals surface area contributed by atoms with Gasteiger partial charge in [0.15, 0.2) is 0 Å². The van der Waals surface area contributed by atoms with Crippen LogP contribution in [0.1, 0.15) is 26.2 Å². The lowest BCUT2D eigenvalue weighted by Gasteiger charge is -2.11. The SMILES string of the molecule is CC(CCCCOCC1CS1)COCC1CS1. The molecule has 17 heavy (non-hydrogen) atoms. The molecule has 0 aromatic heterocycles. The van der Waals surface area contributed by atoms with Crippen molar-refractivity contribution in [2.45, 2.75) is 36.7 Å². The number of thioether (sulfide) groups is 2. The van der Waals surface area contributed by atoms with Gasteiger partial charge < -0.3 is 9.47 Å². The first-order valence-corrected chi connectivity index (χ1v) is 8.83. The summed E-state index contributed by atoms with van der Waals surface area (Å²) in [5.74, 6) is 3.33. The molecule has 0 spiro atoms. The summed E-state index contributed by atoms with van der Waals surface area (Å²) in [6.45, 7) is 6.13. The highest BCUT2D eigenvalue weighted by molar-refractivity contribution is 8.07. The highest BCUT2D eigenvalue weighted by atomic mass is 32.2. The van der Waals surface area contributed by atoms with Crippen molar-refractivity contribution in [3.63, 3.8) is 0 Å². The van der Waals surface area contributed by atoms with E-state index in [0.29, 0.717) is 5.92 Å². The van der Waals surface area contributed by atoms with E-state index in [1.807, 2.05) is 23.5 Å².